The summed E-state index contributed by atoms with van der Waals surface area (Å²) in [6, 6.07) is 9.91. The number of nitrogens with two attached hydrogens (primary N) is 1. The summed E-state index contributed by atoms with van der Waals surface area (Å²) in [6.07, 6.45) is 2.05. The van der Waals surface area contributed by atoms with E-state index in [1.165, 1.54) is 4.90 Å². The van der Waals surface area contributed by atoms with Gasteiger partial charge in [0, 0.05) is 22.2 Å². The van der Waals surface area contributed by atoms with Crippen molar-refractivity contribution >= 4 is 17.6 Å². The van der Waals surface area contributed by atoms with Crippen molar-refractivity contribution in [3.63, 3.8) is 0 Å². The molecule has 1 aromatic heterocycles. The van der Waals surface area contributed by atoms with Crippen LogP contribution in [0.4, 0.5) is 5.82 Å². The highest BCUT2D eigenvalue weighted by atomic mass is 32.2. The Hall–Kier alpha value is -1.55. The first-order valence-electron chi connectivity index (χ1n) is 4.94. The Balaban J connectivity index is 2.42. The number of benzene rings is 1. The number of nitrogens with zero attached hydrogens (tertiary/aromatic N) is 2. The van der Waals surface area contributed by atoms with Crippen molar-refractivity contribution in [3.05, 3.63) is 36.0 Å². The van der Waals surface area contributed by atoms with Crippen LogP contribution in [0.15, 0.2) is 35.2 Å². The van der Waals surface area contributed by atoms with Crippen molar-refractivity contribution in [3.8, 4) is 11.4 Å². The van der Waals surface area contributed by atoms with Gasteiger partial charge in [-0.2, -0.15) is 0 Å². The normalized spacial score (nSPS) is 10.4. The highest BCUT2D eigenvalue weighted by molar-refractivity contribution is 7.98. The van der Waals surface area contributed by atoms with Gasteiger partial charge in [0.15, 0.2) is 5.82 Å². The summed E-state index contributed by atoms with van der Waals surface area (Å²) in [5, 5.41) is 0. The molecule has 0 unspecified atom stereocenters. The zero-order valence-corrected chi connectivity index (χ0v) is 10.1. The summed E-state index contributed by atoms with van der Waals surface area (Å²) in [7, 11) is 0. The first kappa shape index (κ1) is 11.0. The van der Waals surface area contributed by atoms with Crippen LogP contribution in [0.5, 0.6) is 0 Å². The number of thioether (sulfide) groups is 1. The largest absolute Gasteiger partial charge is 0.384 e. The maximum atomic E-state index is 5.70. The third kappa shape index (κ3) is 2.33. The third-order valence-electron chi connectivity index (χ3n) is 2.22. The molecule has 0 bridgehead atoms. The van der Waals surface area contributed by atoms with Gasteiger partial charge in [-0.15, -0.1) is 11.8 Å². The standard InChI is InChI=1S/C12H13N3S/c1-8-7-11(13)15-12(14-8)9-3-5-10(16-2)6-4-9/h3-7H,1-2H3,(H2,13,14,15). The van der Waals surface area contributed by atoms with Gasteiger partial charge in [-0.1, -0.05) is 12.1 Å². The van der Waals surface area contributed by atoms with Gasteiger partial charge in [0.05, 0.1) is 0 Å². The molecule has 0 saturated carbocycles. The van der Waals surface area contributed by atoms with Crippen LogP contribution in [-0.4, -0.2) is 16.2 Å². The minimum absolute atomic E-state index is 0.511. The summed E-state index contributed by atoms with van der Waals surface area (Å²) in [4.78, 5) is 9.81. The number of aryl methyl sites for hydroxylation is 1. The molecule has 0 saturated heterocycles. The second-order valence-electron chi connectivity index (χ2n) is 3.49. The zero-order chi connectivity index (χ0) is 11.5. The lowest BCUT2D eigenvalue weighted by atomic mass is 10.2. The second kappa shape index (κ2) is 4.53. The molecule has 0 aliphatic rings. The van der Waals surface area contributed by atoms with Crippen molar-refractivity contribution in [2.75, 3.05) is 12.0 Å². The molecule has 0 spiro atoms. The molecule has 0 atom stereocenters. The molecule has 3 nitrogen and oxygen atoms in total. The molecule has 0 radical (unpaired) electrons. The molecule has 0 fully saturated rings. The number of aromatic nitrogens is 2. The van der Waals surface area contributed by atoms with E-state index in [4.69, 9.17) is 5.73 Å². The Bertz CT molecular complexity index is 474. The molecular formula is C12H13N3S. The molecule has 2 N–H and O–H groups in total. The molecule has 82 valence electrons. The Morgan fingerprint density at radius 3 is 2.38 bits per heavy atom. The molecule has 0 aliphatic carbocycles. The van der Waals surface area contributed by atoms with Gasteiger partial charge in [0.2, 0.25) is 0 Å². The van der Waals surface area contributed by atoms with Crippen LogP contribution >= 0.6 is 11.8 Å². The predicted molar refractivity (Wildman–Crippen MR) is 68.4 cm³/mol. The smallest absolute Gasteiger partial charge is 0.161 e. The van der Waals surface area contributed by atoms with Crippen molar-refractivity contribution in [2.24, 2.45) is 0 Å². The van der Waals surface area contributed by atoms with Gasteiger partial charge in [0.1, 0.15) is 5.82 Å². The highest BCUT2D eigenvalue weighted by Crippen LogP contribution is 2.21. The van der Waals surface area contributed by atoms with Gasteiger partial charge in [-0.25, -0.2) is 9.97 Å². The average molecular weight is 231 g/mol. The first-order chi connectivity index (χ1) is 7.69. The van der Waals surface area contributed by atoms with Gasteiger partial charge < -0.3 is 5.73 Å². The van der Waals surface area contributed by atoms with Gasteiger partial charge >= 0.3 is 0 Å². The Morgan fingerprint density at radius 2 is 1.81 bits per heavy atom. The number of hydrogen-bond donors (Lipinski definition) is 1. The lowest BCUT2D eigenvalue weighted by Crippen LogP contribution is -1.97. The molecule has 0 amide bonds. The lowest BCUT2D eigenvalue weighted by Gasteiger charge is -2.03. The van der Waals surface area contributed by atoms with Crippen LogP contribution < -0.4 is 5.73 Å². The zero-order valence-electron chi connectivity index (χ0n) is 9.27. The van der Waals surface area contributed by atoms with E-state index in [0.717, 1.165) is 11.3 Å². The Kier molecular flexibility index (Phi) is 3.10. The molecular weight excluding hydrogens is 218 g/mol. The maximum Gasteiger partial charge on any atom is 0.161 e. The van der Waals surface area contributed by atoms with E-state index >= 15 is 0 Å². The second-order valence-corrected chi connectivity index (χ2v) is 4.37. The van der Waals surface area contributed by atoms with Crippen LogP contribution in [0, 0.1) is 6.92 Å². The first-order valence-corrected chi connectivity index (χ1v) is 6.17. The fourth-order valence-corrected chi connectivity index (χ4v) is 1.87. The SMILES string of the molecule is CSc1ccc(-c2nc(C)cc(N)n2)cc1. The van der Waals surface area contributed by atoms with Crippen molar-refractivity contribution < 1.29 is 0 Å². The number of hydrogen-bond acceptors (Lipinski definition) is 4. The summed E-state index contributed by atoms with van der Waals surface area (Å²) >= 11 is 1.71. The van der Waals surface area contributed by atoms with Crippen molar-refractivity contribution in [1.82, 2.24) is 9.97 Å². The Labute approximate surface area is 99.1 Å². The third-order valence-corrected chi connectivity index (χ3v) is 2.97. The quantitative estimate of drug-likeness (QED) is 0.807. The van der Waals surface area contributed by atoms with Gasteiger partial charge in [-0.05, 0) is 25.3 Å². The molecule has 2 aromatic rings. The minimum Gasteiger partial charge on any atom is -0.384 e. The van der Waals surface area contributed by atoms with E-state index < -0.39 is 0 Å². The van der Waals surface area contributed by atoms with Crippen LogP contribution in [-0.2, 0) is 0 Å². The van der Waals surface area contributed by atoms with E-state index in [2.05, 4.69) is 28.4 Å². The predicted octanol–water partition coefficient (Wildman–Crippen LogP) is 2.76. The van der Waals surface area contributed by atoms with Crippen LogP contribution in [0.2, 0.25) is 0 Å². The van der Waals surface area contributed by atoms with Crippen LogP contribution in [0.3, 0.4) is 0 Å². The number of nitrogen functional groups attached to an aromatic ring is 1. The molecule has 4 heteroatoms. The molecule has 1 aromatic carbocycles. The van der Waals surface area contributed by atoms with Crippen molar-refractivity contribution in [2.45, 2.75) is 11.8 Å². The lowest BCUT2D eigenvalue weighted by molar-refractivity contribution is 1.12. The van der Waals surface area contributed by atoms with Gasteiger partial charge in [-0.3, -0.25) is 0 Å². The molecule has 0 aliphatic heterocycles. The number of anilines is 1. The fraction of sp³-hybridized carbons (Fsp3) is 0.167. The van der Waals surface area contributed by atoms with Crippen LogP contribution in [0.1, 0.15) is 5.69 Å². The summed E-state index contributed by atoms with van der Waals surface area (Å²) in [5.74, 6) is 1.20. The monoisotopic (exact) mass is 231 g/mol. The van der Waals surface area contributed by atoms with E-state index in [9.17, 15) is 0 Å². The van der Waals surface area contributed by atoms with E-state index in [1.807, 2.05) is 19.1 Å². The molecule has 2 rings (SSSR count). The summed E-state index contributed by atoms with van der Waals surface area (Å²) in [6.45, 7) is 1.91. The molecule has 1 heterocycles. The highest BCUT2D eigenvalue weighted by Gasteiger charge is 2.03. The van der Waals surface area contributed by atoms with E-state index in [-0.39, 0.29) is 0 Å². The Morgan fingerprint density at radius 1 is 1.12 bits per heavy atom. The summed E-state index contributed by atoms with van der Waals surface area (Å²) < 4.78 is 0. The summed E-state index contributed by atoms with van der Waals surface area (Å²) in [5.41, 5.74) is 7.58. The van der Waals surface area contributed by atoms with E-state index in [0.29, 0.717) is 11.6 Å². The van der Waals surface area contributed by atoms with Gasteiger partial charge in [0.25, 0.3) is 0 Å². The molecule has 16 heavy (non-hydrogen) atoms. The van der Waals surface area contributed by atoms with Crippen LogP contribution in [0.25, 0.3) is 11.4 Å². The minimum atomic E-state index is 0.511. The fourth-order valence-electron chi connectivity index (χ4n) is 1.46. The average Bonchev–Trinajstić information content (AvgIpc) is 2.28. The van der Waals surface area contributed by atoms with Crippen molar-refractivity contribution in [1.29, 1.82) is 0 Å². The maximum absolute atomic E-state index is 5.70. The number of rotatable bonds is 2. The topological polar surface area (TPSA) is 51.8 Å². The van der Waals surface area contributed by atoms with E-state index in [1.54, 1.807) is 17.8 Å².